The van der Waals surface area contributed by atoms with E-state index in [0.717, 1.165) is 17.7 Å². The molecular weight excluding hydrogens is 336 g/mol. The van der Waals surface area contributed by atoms with Gasteiger partial charge in [0.2, 0.25) is 0 Å². The average molecular weight is 350 g/mol. The Morgan fingerprint density at radius 1 is 1.21 bits per heavy atom. The van der Waals surface area contributed by atoms with Crippen LogP contribution in [0, 0.1) is 17.0 Å². The SMILES string of the molecule is Cc1cccc(N(CC(=O)O)S(=O)(=O)c2ccccc2[N+](=O)[O-])c1. The Morgan fingerprint density at radius 3 is 2.46 bits per heavy atom. The monoisotopic (exact) mass is 350 g/mol. The first-order valence-electron chi connectivity index (χ1n) is 6.78. The number of carboxylic acid groups (broad SMARTS) is 1. The maximum atomic E-state index is 12.9. The molecule has 2 rings (SSSR count). The van der Waals surface area contributed by atoms with Crippen LogP contribution in [0.15, 0.2) is 53.4 Å². The number of aryl methyl sites for hydroxylation is 1. The molecular formula is C15H14N2O6S. The molecule has 24 heavy (non-hydrogen) atoms. The maximum Gasteiger partial charge on any atom is 0.324 e. The number of aliphatic carboxylic acids is 1. The standard InChI is InChI=1S/C15H14N2O6S/c1-11-5-4-6-12(9-11)16(10-15(18)19)24(22,23)14-8-3-2-7-13(14)17(20)21/h2-9H,10H2,1H3,(H,18,19). The number of hydrogen-bond acceptors (Lipinski definition) is 5. The van der Waals surface area contributed by atoms with Gasteiger partial charge in [-0.25, -0.2) is 8.42 Å². The van der Waals surface area contributed by atoms with Gasteiger partial charge in [0, 0.05) is 6.07 Å². The summed E-state index contributed by atoms with van der Waals surface area (Å²) in [4.78, 5) is 20.9. The second-order valence-corrected chi connectivity index (χ2v) is 6.80. The summed E-state index contributed by atoms with van der Waals surface area (Å²) in [5.74, 6) is -1.38. The topological polar surface area (TPSA) is 118 Å². The molecule has 9 heteroatoms. The molecule has 1 N–H and O–H groups in total. The fourth-order valence-corrected chi connectivity index (χ4v) is 3.73. The van der Waals surface area contributed by atoms with Crippen molar-refractivity contribution in [2.75, 3.05) is 10.8 Å². The summed E-state index contributed by atoms with van der Waals surface area (Å²) in [6.07, 6.45) is 0. The maximum absolute atomic E-state index is 12.9. The molecule has 0 aliphatic carbocycles. The van der Waals surface area contributed by atoms with Crippen molar-refractivity contribution in [1.82, 2.24) is 0 Å². The van der Waals surface area contributed by atoms with Gasteiger partial charge >= 0.3 is 5.97 Å². The van der Waals surface area contributed by atoms with Gasteiger partial charge in [-0.2, -0.15) is 0 Å². The lowest BCUT2D eigenvalue weighted by Crippen LogP contribution is -2.36. The first-order valence-corrected chi connectivity index (χ1v) is 8.22. The number of nitro groups is 1. The van der Waals surface area contributed by atoms with Crippen molar-refractivity contribution >= 4 is 27.4 Å². The van der Waals surface area contributed by atoms with Crippen LogP contribution in [0.2, 0.25) is 0 Å². The van der Waals surface area contributed by atoms with Gasteiger partial charge < -0.3 is 5.11 Å². The summed E-state index contributed by atoms with van der Waals surface area (Å²) in [7, 11) is -4.43. The number of benzene rings is 2. The molecule has 0 heterocycles. The highest BCUT2D eigenvalue weighted by Gasteiger charge is 2.33. The zero-order chi connectivity index (χ0) is 17.9. The van der Waals surface area contributed by atoms with Gasteiger partial charge in [0.15, 0.2) is 4.90 Å². The molecule has 0 aromatic heterocycles. The average Bonchev–Trinajstić information content (AvgIpc) is 2.52. The Balaban J connectivity index is 2.65. The number of rotatable bonds is 6. The lowest BCUT2D eigenvalue weighted by Gasteiger charge is -2.22. The zero-order valence-electron chi connectivity index (χ0n) is 12.6. The lowest BCUT2D eigenvalue weighted by atomic mass is 10.2. The number of carboxylic acids is 1. The first kappa shape index (κ1) is 17.4. The molecule has 0 bridgehead atoms. The van der Waals surface area contributed by atoms with Gasteiger partial charge in [0.1, 0.15) is 6.54 Å². The third-order valence-electron chi connectivity index (χ3n) is 3.20. The van der Waals surface area contributed by atoms with Crippen molar-refractivity contribution in [3.05, 3.63) is 64.2 Å². The van der Waals surface area contributed by atoms with E-state index < -0.39 is 38.0 Å². The van der Waals surface area contributed by atoms with Crippen LogP contribution in [-0.4, -0.2) is 31.0 Å². The van der Waals surface area contributed by atoms with Crippen LogP contribution < -0.4 is 4.31 Å². The second-order valence-electron chi connectivity index (χ2n) is 4.97. The quantitative estimate of drug-likeness (QED) is 0.630. The third kappa shape index (κ3) is 3.51. The number of hydrogen-bond donors (Lipinski definition) is 1. The molecule has 0 aliphatic rings. The van der Waals surface area contributed by atoms with Crippen LogP contribution in [0.4, 0.5) is 11.4 Å². The minimum atomic E-state index is -4.43. The molecule has 0 unspecified atom stereocenters. The summed E-state index contributed by atoms with van der Waals surface area (Å²) < 4.78 is 26.4. The summed E-state index contributed by atoms with van der Waals surface area (Å²) in [6, 6.07) is 11.0. The van der Waals surface area contributed by atoms with E-state index in [-0.39, 0.29) is 5.69 Å². The van der Waals surface area contributed by atoms with Crippen LogP contribution in [0.1, 0.15) is 5.56 Å². The number of para-hydroxylation sites is 1. The molecule has 0 aliphatic heterocycles. The molecule has 0 saturated carbocycles. The van der Waals surface area contributed by atoms with Gasteiger partial charge in [0.25, 0.3) is 15.7 Å². The molecule has 2 aromatic rings. The van der Waals surface area contributed by atoms with E-state index in [1.807, 2.05) is 0 Å². The summed E-state index contributed by atoms with van der Waals surface area (Å²) in [5, 5.41) is 20.2. The minimum absolute atomic E-state index is 0.121. The lowest BCUT2D eigenvalue weighted by molar-refractivity contribution is -0.387. The van der Waals surface area contributed by atoms with Gasteiger partial charge in [0.05, 0.1) is 10.6 Å². The van der Waals surface area contributed by atoms with Crippen LogP contribution >= 0.6 is 0 Å². The molecule has 0 amide bonds. The van der Waals surface area contributed by atoms with Crippen LogP contribution in [0.25, 0.3) is 0 Å². The zero-order valence-corrected chi connectivity index (χ0v) is 13.4. The van der Waals surface area contributed by atoms with Crippen molar-refractivity contribution in [2.24, 2.45) is 0 Å². The molecule has 0 atom stereocenters. The van der Waals surface area contributed by atoms with Crippen molar-refractivity contribution in [3.8, 4) is 0 Å². The van der Waals surface area contributed by atoms with Crippen LogP contribution in [0.3, 0.4) is 0 Å². The van der Waals surface area contributed by atoms with E-state index in [1.165, 1.54) is 24.3 Å². The van der Waals surface area contributed by atoms with E-state index in [9.17, 15) is 23.3 Å². The second kappa shape index (κ2) is 6.67. The molecule has 0 fully saturated rings. The largest absolute Gasteiger partial charge is 0.480 e. The normalized spacial score (nSPS) is 11.0. The van der Waals surface area contributed by atoms with E-state index in [0.29, 0.717) is 4.31 Å². The predicted molar refractivity (Wildman–Crippen MR) is 86.4 cm³/mol. The van der Waals surface area contributed by atoms with E-state index >= 15 is 0 Å². The van der Waals surface area contributed by atoms with E-state index in [1.54, 1.807) is 19.1 Å². The summed E-state index contributed by atoms with van der Waals surface area (Å²) >= 11 is 0. The first-order chi connectivity index (χ1) is 11.2. The smallest absolute Gasteiger partial charge is 0.324 e. The van der Waals surface area contributed by atoms with E-state index in [2.05, 4.69) is 0 Å². The Bertz CT molecular complexity index is 894. The van der Waals surface area contributed by atoms with Gasteiger partial charge in [-0.3, -0.25) is 19.2 Å². The molecule has 8 nitrogen and oxygen atoms in total. The van der Waals surface area contributed by atoms with E-state index in [4.69, 9.17) is 5.11 Å². The predicted octanol–water partition coefficient (Wildman–Crippen LogP) is 2.18. The Morgan fingerprint density at radius 2 is 1.88 bits per heavy atom. The fourth-order valence-electron chi connectivity index (χ4n) is 2.17. The summed E-state index contributed by atoms with van der Waals surface area (Å²) in [6.45, 7) is 0.873. The summed E-state index contributed by atoms with van der Waals surface area (Å²) in [5.41, 5.74) is 0.233. The molecule has 126 valence electrons. The number of sulfonamides is 1. The van der Waals surface area contributed by atoms with Crippen molar-refractivity contribution < 1.29 is 23.2 Å². The highest BCUT2D eigenvalue weighted by molar-refractivity contribution is 7.93. The Labute approximate surface area is 138 Å². The Kier molecular flexibility index (Phi) is 4.84. The highest BCUT2D eigenvalue weighted by Crippen LogP contribution is 2.29. The fraction of sp³-hybridized carbons (Fsp3) is 0.133. The molecule has 0 saturated heterocycles. The Hall–Kier alpha value is -2.94. The number of nitro benzene ring substituents is 1. The molecule has 0 radical (unpaired) electrons. The third-order valence-corrected chi connectivity index (χ3v) is 5.02. The van der Waals surface area contributed by atoms with Gasteiger partial charge in [-0.15, -0.1) is 0 Å². The van der Waals surface area contributed by atoms with Crippen molar-refractivity contribution in [3.63, 3.8) is 0 Å². The number of nitrogens with zero attached hydrogens (tertiary/aromatic N) is 2. The number of anilines is 1. The van der Waals surface area contributed by atoms with Crippen molar-refractivity contribution in [2.45, 2.75) is 11.8 Å². The number of carbonyl (C=O) groups is 1. The highest BCUT2D eigenvalue weighted by atomic mass is 32.2. The minimum Gasteiger partial charge on any atom is -0.480 e. The molecule has 2 aromatic carbocycles. The van der Waals surface area contributed by atoms with Crippen LogP contribution in [-0.2, 0) is 14.8 Å². The molecule has 0 spiro atoms. The van der Waals surface area contributed by atoms with Crippen molar-refractivity contribution in [1.29, 1.82) is 0 Å². The van der Waals surface area contributed by atoms with Gasteiger partial charge in [-0.05, 0) is 30.7 Å². The van der Waals surface area contributed by atoms with Gasteiger partial charge in [-0.1, -0.05) is 24.3 Å². The van der Waals surface area contributed by atoms with Crippen LogP contribution in [0.5, 0.6) is 0 Å².